The van der Waals surface area contributed by atoms with Gasteiger partial charge in [-0.1, -0.05) is 30.3 Å². The maximum atomic E-state index is 5.42. The van der Waals surface area contributed by atoms with Gasteiger partial charge >= 0.3 is 0 Å². The summed E-state index contributed by atoms with van der Waals surface area (Å²) in [5, 5.41) is 11.6. The molecule has 0 saturated carbocycles. The summed E-state index contributed by atoms with van der Waals surface area (Å²) >= 11 is 0. The molecule has 2 aromatic heterocycles. The summed E-state index contributed by atoms with van der Waals surface area (Å²) in [5.74, 6) is 3.58. The van der Waals surface area contributed by atoms with Gasteiger partial charge in [-0.15, -0.1) is 24.0 Å². The highest BCUT2D eigenvalue weighted by Crippen LogP contribution is 2.22. The van der Waals surface area contributed by atoms with Gasteiger partial charge in [0.15, 0.2) is 5.96 Å². The van der Waals surface area contributed by atoms with Crippen molar-refractivity contribution in [1.82, 2.24) is 25.4 Å². The minimum absolute atomic E-state index is 0. The predicted octanol–water partition coefficient (Wildman–Crippen LogP) is 3.65. The van der Waals surface area contributed by atoms with Crippen molar-refractivity contribution in [1.29, 1.82) is 0 Å². The molecular formula is C22H29IN6O. The minimum Gasteiger partial charge on any atom is -0.469 e. The summed E-state index contributed by atoms with van der Waals surface area (Å²) in [5.41, 5.74) is 1.31. The molecule has 3 heterocycles. The van der Waals surface area contributed by atoms with Crippen molar-refractivity contribution in [2.45, 2.75) is 45.2 Å². The van der Waals surface area contributed by atoms with Crippen molar-refractivity contribution >= 4 is 29.9 Å². The van der Waals surface area contributed by atoms with Crippen molar-refractivity contribution in [3.8, 4) is 0 Å². The number of furan rings is 1. The van der Waals surface area contributed by atoms with Crippen LogP contribution in [0.15, 0.2) is 58.1 Å². The number of benzene rings is 1. The van der Waals surface area contributed by atoms with E-state index >= 15 is 0 Å². The van der Waals surface area contributed by atoms with E-state index in [1.54, 1.807) is 6.26 Å². The monoisotopic (exact) mass is 520 g/mol. The van der Waals surface area contributed by atoms with Crippen molar-refractivity contribution in [2.75, 3.05) is 13.1 Å². The third-order valence-electron chi connectivity index (χ3n) is 5.05. The van der Waals surface area contributed by atoms with Gasteiger partial charge in [-0.3, -0.25) is 4.99 Å². The molecule has 4 rings (SSSR count). The molecule has 0 amide bonds. The SMILES string of the molecule is Cc1nc2n(n1)CCCC2NC(=NCCc1ccco1)NCCc1ccccc1.I. The fourth-order valence-electron chi connectivity index (χ4n) is 3.63. The quantitative estimate of drug-likeness (QED) is 0.283. The number of guanidine groups is 1. The second-order valence-corrected chi connectivity index (χ2v) is 7.30. The minimum atomic E-state index is 0. The molecule has 1 atom stereocenters. The zero-order valence-corrected chi connectivity index (χ0v) is 19.6. The highest BCUT2D eigenvalue weighted by molar-refractivity contribution is 14.0. The molecule has 1 unspecified atom stereocenters. The van der Waals surface area contributed by atoms with Gasteiger partial charge in [-0.25, -0.2) is 9.67 Å². The third kappa shape index (κ3) is 6.07. The Morgan fingerprint density at radius 3 is 2.87 bits per heavy atom. The van der Waals surface area contributed by atoms with Crippen LogP contribution in [0, 0.1) is 6.92 Å². The smallest absolute Gasteiger partial charge is 0.191 e. The number of aliphatic imine (C=N–C) groups is 1. The maximum absolute atomic E-state index is 5.42. The van der Waals surface area contributed by atoms with Crippen molar-refractivity contribution in [2.24, 2.45) is 4.99 Å². The number of hydrogen-bond acceptors (Lipinski definition) is 4. The van der Waals surface area contributed by atoms with E-state index in [1.807, 2.05) is 29.8 Å². The molecule has 1 aliphatic heterocycles. The molecule has 3 aromatic rings. The average Bonchev–Trinajstić information content (AvgIpc) is 3.38. The van der Waals surface area contributed by atoms with Crippen LogP contribution < -0.4 is 10.6 Å². The molecular weight excluding hydrogens is 491 g/mol. The van der Waals surface area contributed by atoms with E-state index in [4.69, 9.17) is 9.41 Å². The first-order chi connectivity index (χ1) is 14.3. The van der Waals surface area contributed by atoms with Crippen LogP contribution in [0.1, 0.15) is 41.9 Å². The zero-order valence-electron chi connectivity index (χ0n) is 17.3. The van der Waals surface area contributed by atoms with E-state index in [1.165, 1.54) is 5.56 Å². The lowest BCUT2D eigenvalue weighted by Crippen LogP contribution is -2.42. The average molecular weight is 520 g/mol. The van der Waals surface area contributed by atoms with Crippen LogP contribution in [0.4, 0.5) is 0 Å². The summed E-state index contributed by atoms with van der Waals surface area (Å²) in [6.45, 7) is 4.35. The molecule has 1 aromatic carbocycles. The number of aromatic nitrogens is 3. The number of rotatable bonds is 7. The fourth-order valence-corrected chi connectivity index (χ4v) is 3.63. The van der Waals surface area contributed by atoms with Gasteiger partial charge < -0.3 is 15.1 Å². The second-order valence-electron chi connectivity index (χ2n) is 7.30. The van der Waals surface area contributed by atoms with Gasteiger partial charge in [-0.05, 0) is 43.9 Å². The van der Waals surface area contributed by atoms with Crippen molar-refractivity contribution in [3.05, 3.63) is 71.7 Å². The van der Waals surface area contributed by atoms with E-state index in [0.29, 0.717) is 6.54 Å². The topological polar surface area (TPSA) is 80.3 Å². The molecule has 8 heteroatoms. The number of nitrogens with zero attached hydrogens (tertiary/aromatic N) is 4. The van der Waals surface area contributed by atoms with E-state index < -0.39 is 0 Å². The first-order valence-corrected chi connectivity index (χ1v) is 10.3. The molecule has 1 aliphatic rings. The standard InChI is InChI=1S/C22H28N6O.HI/c1-17-25-21-20(10-5-15-28(21)27-17)26-22(24-14-12-19-9-6-16-29-19)23-13-11-18-7-3-2-4-8-18;/h2-4,6-9,16,20H,5,10-15H2,1H3,(H2,23,24,26);1H. The van der Waals surface area contributed by atoms with Gasteiger partial charge in [0.1, 0.15) is 17.4 Å². The van der Waals surface area contributed by atoms with Gasteiger partial charge in [0.2, 0.25) is 0 Å². The Morgan fingerprint density at radius 2 is 2.07 bits per heavy atom. The molecule has 2 N–H and O–H groups in total. The van der Waals surface area contributed by atoms with E-state index in [9.17, 15) is 0 Å². The van der Waals surface area contributed by atoms with E-state index in [-0.39, 0.29) is 30.0 Å². The fraction of sp³-hybridized carbons (Fsp3) is 0.409. The molecule has 0 saturated heterocycles. The normalized spacial score (nSPS) is 15.9. The van der Waals surface area contributed by atoms with E-state index in [0.717, 1.165) is 62.1 Å². The van der Waals surface area contributed by atoms with Crippen LogP contribution in [-0.4, -0.2) is 33.8 Å². The van der Waals surface area contributed by atoms with Crippen LogP contribution in [0.3, 0.4) is 0 Å². The number of aryl methyl sites for hydroxylation is 2. The lowest BCUT2D eigenvalue weighted by Gasteiger charge is -2.25. The largest absolute Gasteiger partial charge is 0.469 e. The van der Waals surface area contributed by atoms with Crippen LogP contribution in [-0.2, 0) is 19.4 Å². The number of hydrogen-bond donors (Lipinski definition) is 2. The summed E-state index contributed by atoms with van der Waals surface area (Å²) in [7, 11) is 0. The molecule has 0 radical (unpaired) electrons. The Labute approximate surface area is 194 Å². The number of halogens is 1. The highest BCUT2D eigenvalue weighted by atomic mass is 127. The Morgan fingerprint density at radius 1 is 1.20 bits per heavy atom. The van der Waals surface area contributed by atoms with Crippen LogP contribution in [0.5, 0.6) is 0 Å². The second kappa shape index (κ2) is 11.1. The van der Waals surface area contributed by atoms with Crippen molar-refractivity contribution < 1.29 is 4.42 Å². The van der Waals surface area contributed by atoms with Gasteiger partial charge in [-0.2, -0.15) is 5.10 Å². The Balaban J connectivity index is 0.00000256. The van der Waals surface area contributed by atoms with Gasteiger partial charge in [0, 0.05) is 26.1 Å². The molecule has 0 aliphatic carbocycles. The highest BCUT2D eigenvalue weighted by Gasteiger charge is 2.24. The predicted molar refractivity (Wildman–Crippen MR) is 128 cm³/mol. The first-order valence-electron chi connectivity index (χ1n) is 10.3. The van der Waals surface area contributed by atoms with Crippen LogP contribution >= 0.6 is 24.0 Å². The van der Waals surface area contributed by atoms with Gasteiger partial charge in [0.05, 0.1) is 12.3 Å². The van der Waals surface area contributed by atoms with Crippen LogP contribution in [0.25, 0.3) is 0 Å². The Bertz CT molecular complexity index is 923. The number of fused-ring (bicyclic) bond motifs is 1. The summed E-state index contributed by atoms with van der Waals surface area (Å²) < 4.78 is 7.44. The van der Waals surface area contributed by atoms with Crippen LogP contribution in [0.2, 0.25) is 0 Å². The number of nitrogens with one attached hydrogen (secondary N) is 2. The zero-order chi connectivity index (χ0) is 19.9. The molecule has 30 heavy (non-hydrogen) atoms. The summed E-state index contributed by atoms with van der Waals surface area (Å²) in [4.78, 5) is 9.41. The Kier molecular flexibility index (Phi) is 8.30. The Hall–Kier alpha value is -2.36. The maximum Gasteiger partial charge on any atom is 0.191 e. The lowest BCUT2D eigenvalue weighted by molar-refractivity contribution is 0.397. The van der Waals surface area contributed by atoms with Crippen molar-refractivity contribution in [3.63, 3.8) is 0 Å². The first kappa shape index (κ1) is 22.3. The van der Waals surface area contributed by atoms with E-state index in [2.05, 4.69) is 45.0 Å². The summed E-state index contributed by atoms with van der Waals surface area (Å²) in [6, 6.07) is 14.5. The molecule has 0 spiro atoms. The molecule has 0 fully saturated rings. The third-order valence-corrected chi connectivity index (χ3v) is 5.05. The lowest BCUT2D eigenvalue weighted by atomic mass is 10.1. The molecule has 160 valence electrons. The summed E-state index contributed by atoms with van der Waals surface area (Å²) in [6.07, 6.45) is 5.53. The molecule has 7 nitrogen and oxygen atoms in total. The van der Waals surface area contributed by atoms with Gasteiger partial charge in [0.25, 0.3) is 0 Å². The molecule has 0 bridgehead atoms.